The highest BCUT2D eigenvalue weighted by Gasteiger charge is 2.02. The molecule has 0 spiro atoms. The average molecular weight is 219 g/mol. The van der Waals surface area contributed by atoms with Crippen molar-refractivity contribution in [2.24, 2.45) is 0 Å². The lowest BCUT2D eigenvalue weighted by molar-refractivity contribution is 0.613. The predicted molar refractivity (Wildman–Crippen MR) is 58.6 cm³/mol. The van der Waals surface area contributed by atoms with Crippen molar-refractivity contribution in [2.75, 3.05) is 5.32 Å². The minimum atomic E-state index is -0.321. The third-order valence-corrected chi connectivity index (χ3v) is 2.11. The van der Waals surface area contributed by atoms with Gasteiger partial charge in [-0.15, -0.1) is 0 Å². The molecule has 0 radical (unpaired) electrons. The van der Waals surface area contributed by atoms with Crippen molar-refractivity contribution >= 4 is 5.82 Å². The predicted octanol–water partition coefficient (Wildman–Crippen LogP) is 1.52. The molecule has 2 N–H and O–H groups in total. The minimum Gasteiger partial charge on any atom is -0.361 e. The van der Waals surface area contributed by atoms with Crippen molar-refractivity contribution in [3.05, 3.63) is 58.4 Å². The number of nitrogens with one attached hydrogen (secondary N) is 2. The largest absolute Gasteiger partial charge is 0.361 e. The number of halogens is 1. The molecule has 0 amide bonds. The van der Waals surface area contributed by atoms with Gasteiger partial charge >= 0.3 is 0 Å². The van der Waals surface area contributed by atoms with Crippen molar-refractivity contribution in [1.82, 2.24) is 9.97 Å². The number of aromatic nitrogens is 2. The van der Waals surface area contributed by atoms with Gasteiger partial charge in [0, 0.05) is 24.5 Å². The van der Waals surface area contributed by atoms with Crippen molar-refractivity contribution < 1.29 is 4.39 Å². The van der Waals surface area contributed by atoms with Crippen LogP contribution < -0.4 is 10.9 Å². The first-order valence-electron chi connectivity index (χ1n) is 4.78. The number of hydrogen-bond acceptors (Lipinski definition) is 3. The van der Waals surface area contributed by atoms with Gasteiger partial charge in [0.25, 0.3) is 5.56 Å². The van der Waals surface area contributed by atoms with E-state index in [2.05, 4.69) is 15.3 Å². The summed E-state index contributed by atoms with van der Waals surface area (Å²) in [7, 11) is 0. The van der Waals surface area contributed by atoms with Gasteiger partial charge < -0.3 is 10.3 Å². The molecule has 0 unspecified atom stereocenters. The summed E-state index contributed by atoms with van der Waals surface area (Å²) in [6, 6.07) is 6.38. The van der Waals surface area contributed by atoms with Crippen LogP contribution in [0.25, 0.3) is 0 Å². The Morgan fingerprint density at radius 2 is 2.19 bits per heavy atom. The molecule has 0 fully saturated rings. The van der Waals surface area contributed by atoms with E-state index in [4.69, 9.17) is 0 Å². The lowest BCUT2D eigenvalue weighted by Gasteiger charge is -2.04. The van der Waals surface area contributed by atoms with Gasteiger partial charge in [-0.1, -0.05) is 18.2 Å². The molecule has 1 heterocycles. The Balaban J connectivity index is 2.12. The second-order valence-corrected chi connectivity index (χ2v) is 3.21. The fraction of sp³-hybridized carbons (Fsp3) is 0.0909. The van der Waals surface area contributed by atoms with E-state index in [1.807, 2.05) is 0 Å². The van der Waals surface area contributed by atoms with E-state index in [1.54, 1.807) is 18.2 Å². The Bertz CT molecular complexity index is 539. The van der Waals surface area contributed by atoms with E-state index in [-0.39, 0.29) is 23.7 Å². The van der Waals surface area contributed by atoms with E-state index in [1.165, 1.54) is 18.5 Å². The molecule has 0 saturated heterocycles. The fourth-order valence-corrected chi connectivity index (χ4v) is 1.30. The van der Waals surface area contributed by atoms with E-state index in [0.717, 1.165) is 0 Å². The molecule has 82 valence electrons. The lowest BCUT2D eigenvalue weighted by Crippen LogP contribution is -2.15. The summed E-state index contributed by atoms with van der Waals surface area (Å²) >= 11 is 0. The van der Waals surface area contributed by atoms with Gasteiger partial charge in [-0.2, -0.15) is 0 Å². The zero-order chi connectivity index (χ0) is 11.4. The number of benzene rings is 1. The number of rotatable bonds is 3. The van der Waals surface area contributed by atoms with Crippen molar-refractivity contribution in [2.45, 2.75) is 6.54 Å². The molecular weight excluding hydrogens is 209 g/mol. The molecule has 0 saturated carbocycles. The SMILES string of the molecule is O=c1[nH]ccnc1NCc1ccccc1F. The van der Waals surface area contributed by atoms with Crippen LogP contribution in [0.1, 0.15) is 5.56 Å². The molecule has 2 aromatic rings. The maximum Gasteiger partial charge on any atom is 0.290 e. The second kappa shape index (κ2) is 4.57. The maximum atomic E-state index is 13.2. The first-order chi connectivity index (χ1) is 7.77. The molecule has 5 heteroatoms. The Labute approximate surface area is 91.2 Å². The topological polar surface area (TPSA) is 57.8 Å². The summed E-state index contributed by atoms with van der Waals surface area (Å²) in [5.41, 5.74) is 0.173. The second-order valence-electron chi connectivity index (χ2n) is 3.21. The van der Waals surface area contributed by atoms with Crippen LogP contribution in [0.5, 0.6) is 0 Å². The number of H-pyrrole nitrogens is 1. The Kier molecular flexibility index (Phi) is 2.95. The first-order valence-corrected chi connectivity index (χ1v) is 4.78. The summed E-state index contributed by atoms with van der Waals surface area (Å²) < 4.78 is 13.2. The molecular formula is C11H10FN3O. The van der Waals surface area contributed by atoms with Crippen molar-refractivity contribution in [1.29, 1.82) is 0 Å². The molecule has 16 heavy (non-hydrogen) atoms. The van der Waals surface area contributed by atoms with Crippen LogP contribution in [0.2, 0.25) is 0 Å². The summed E-state index contributed by atoms with van der Waals surface area (Å²) in [4.78, 5) is 17.6. The minimum absolute atomic E-state index is 0.186. The van der Waals surface area contributed by atoms with Crippen molar-refractivity contribution in [3.63, 3.8) is 0 Å². The zero-order valence-electron chi connectivity index (χ0n) is 8.40. The highest BCUT2D eigenvalue weighted by atomic mass is 19.1. The molecule has 0 atom stereocenters. The van der Waals surface area contributed by atoms with Crippen LogP contribution in [0.4, 0.5) is 10.2 Å². The van der Waals surface area contributed by atoms with Gasteiger partial charge in [0.1, 0.15) is 5.82 Å². The first kappa shape index (κ1) is 10.4. The van der Waals surface area contributed by atoms with Crippen LogP contribution >= 0.6 is 0 Å². The van der Waals surface area contributed by atoms with Crippen LogP contribution in [0, 0.1) is 5.82 Å². The summed E-state index contributed by atoms with van der Waals surface area (Å²) in [5, 5.41) is 2.78. The molecule has 0 bridgehead atoms. The number of nitrogens with zero attached hydrogens (tertiary/aromatic N) is 1. The molecule has 0 aliphatic rings. The van der Waals surface area contributed by atoms with Crippen LogP contribution in [0.15, 0.2) is 41.5 Å². The molecule has 0 aliphatic carbocycles. The van der Waals surface area contributed by atoms with Gasteiger partial charge in [0.05, 0.1) is 0 Å². The highest BCUT2D eigenvalue weighted by molar-refractivity contribution is 5.32. The quantitative estimate of drug-likeness (QED) is 0.822. The highest BCUT2D eigenvalue weighted by Crippen LogP contribution is 2.07. The number of hydrogen-bond donors (Lipinski definition) is 2. The number of anilines is 1. The standard InChI is InChI=1S/C11H10FN3O/c12-9-4-2-1-3-8(9)7-15-10-11(16)14-6-5-13-10/h1-6H,7H2,(H,13,15)(H,14,16). The van der Waals surface area contributed by atoms with Crippen LogP contribution in [-0.2, 0) is 6.54 Å². The van der Waals surface area contributed by atoms with Gasteiger partial charge in [0.2, 0.25) is 0 Å². The average Bonchev–Trinajstić information content (AvgIpc) is 2.30. The van der Waals surface area contributed by atoms with E-state index >= 15 is 0 Å². The molecule has 1 aromatic heterocycles. The van der Waals surface area contributed by atoms with Gasteiger partial charge in [-0.3, -0.25) is 4.79 Å². The Morgan fingerprint density at radius 3 is 2.94 bits per heavy atom. The molecule has 0 aliphatic heterocycles. The van der Waals surface area contributed by atoms with Crippen molar-refractivity contribution in [3.8, 4) is 0 Å². The molecule has 2 rings (SSSR count). The smallest absolute Gasteiger partial charge is 0.290 e. The normalized spacial score (nSPS) is 10.1. The summed E-state index contributed by atoms with van der Waals surface area (Å²) in [6.45, 7) is 0.229. The third-order valence-electron chi connectivity index (χ3n) is 2.11. The van der Waals surface area contributed by atoms with E-state index in [9.17, 15) is 9.18 Å². The zero-order valence-corrected chi connectivity index (χ0v) is 8.40. The van der Waals surface area contributed by atoms with E-state index < -0.39 is 0 Å². The molecule has 1 aromatic carbocycles. The van der Waals surface area contributed by atoms with Crippen LogP contribution in [-0.4, -0.2) is 9.97 Å². The lowest BCUT2D eigenvalue weighted by atomic mass is 10.2. The monoisotopic (exact) mass is 219 g/mol. The molecule has 4 nitrogen and oxygen atoms in total. The number of aromatic amines is 1. The van der Waals surface area contributed by atoms with E-state index in [0.29, 0.717) is 5.56 Å². The third kappa shape index (κ3) is 2.25. The fourth-order valence-electron chi connectivity index (χ4n) is 1.30. The van der Waals surface area contributed by atoms with Gasteiger partial charge in [-0.05, 0) is 6.07 Å². The summed E-state index contributed by atoms with van der Waals surface area (Å²) in [5.74, 6) is -0.117. The summed E-state index contributed by atoms with van der Waals surface area (Å²) in [6.07, 6.45) is 2.90. The Morgan fingerprint density at radius 1 is 1.38 bits per heavy atom. The van der Waals surface area contributed by atoms with Crippen LogP contribution in [0.3, 0.4) is 0 Å². The van der Waals surface area contributed by atoms with Gasteiger partial charge in [0.15, 0.2) is 5.82 Å². The Hall–Kier alpha value is -2.17. The van der Waals surface area contributed by atoms with Gasteiger partial charge in [-0.25, -0.2) is 9.37 Å². The maximum absolute atomic E-state index is 13.2.